The lowest BCUT2D eigenvalue weighted by Crippen LogP contribution is -2.26. The van der Waals surface area contributed by atoms with E-state index in [2.05, 4.69) is 4.72 Å². The standard InChI is InChI=1S/C6H15NOS2/c1-6(2,8)4-5-7-10(3)9/h7-8H,4-5H2,1-3H3. The van der Waals surface area contributed by atoms with Crippen LogP contribution in [0.4, 0.5) is 0 Å². The van der Waals surface area contributed by atoms with Crippen molar-refractivity contribution in [3.8, 4) is 0 Å². The Kier molecular flexibility index (Phi) is 4.60. The van der Waals surface area contributed by atoms with E-state index in [1.165, 1.54) is 0 Å². The van der Waals surface area contributed by atoms with E-state index >= 15 is 0 Å². The molecule has 0 aliphatic heterocycles. The lowest BCUT2D eigenvalue weighted by Gasteiger charge is -2.16. The molecule has 0 amide bonds. The highest BCUT2D eigenvalue weighted by atomic mass is 32.8. The first kappa shape index (κ1) is 10.5. The van der Waals surface area contributed by atoms with Gasteiger partial charge in [0.15, 0.2) is 0 Å². The molecule has 0 saturated carbocycles. The third kappa shape index (κ3) is 8.49. The predicted octanol–water partition coefficient (Wildman–Crippen LogP) is 0.362. The molecule has 0 aromatic heterocycles. The summed E-state index contributed by atoms with van der Waals surface area (Å²) in [6.45, 7) is 4.39. The maximum absolute atomic E-state index is 9.26. The van der Waals surface area contributed by atoms with Crippen LogP contribution in [0.1, 0.15) is 20.3 Å². The molecule has 0 heterocycles. The SMILES string of the molecule is CS(=S)NCCC(C)(C)O. The number of nitrogens with one attached hydrogen (secondary N) is 1. The minimum Gasteiger partial charge on any atom is -0.390 e. The Bertz CT molecular complexity index is 119. The fourth-order valence-electron chi connectivity index (χ4n) is 0.501. The van der Waals surface area contributed by atoms with Gasteiger partial charge in [-0.15, -0.1) is 0 Å². The van der Waals surface area contributed by atoms with Crippen molar-refractivity contribution >= 4 is 20.8 Å². The molecule has 10 heavy (non-hydrogen) atoms. The molecular weight excluding hydrogens is 166 g/mol. The molecule has 62 valence electrons. The predicted molar refractivity (Wildman–Crippen MR) is 49.6 cm³/mol. The van der Waals surface area contributed by atoms with Gasteiger partial charge in [0.05, 0.1) is 5.60 Å². The summed E-state index contributed by atoms with van der Waals surface area (Å²) in [6, 6.07) is 0. The van der Waals surface area contributed by atoms with Crippen LogP contribution in [-0.4, -0.2) is 23.5 Å². The number of hydrogen-bond acceptors (Lipinski definition) is 2. The Hall–Kier alpha value is 0.490. The molecule has 0 fully saturated rings. The van der Waals surface area contributed by atoms with Crippen LogP contribution in [0, 0.1) is 0 Å². The van der Waals surface area contributed by atoms with Crippen molar-refractivity contribution < 1.29 is 5.11 Å². The van der Waals surface area contributed by atoms with E-state index in [1.54, 1.807) is 13.8 Å². The lowest BCUT2D eigenvalue weighted by molar-refractivity contribution is 0.0729. The first-order valence-electron chi connectivity index (χ1n) is 3.21. The second kappa shape index (κ2) is 4.38. The van der Waals surface area contributed by atoms with Crippen molar-refractivity contribution in [1.29, 1.82) is 0 Å². The molecule has 0 aliphatic rings. The lowest BCUT2D eigenvalue weighted by atomic mass is 10.1. The summed E-state index contributed by atoms with van der Waals surface area (Å²) < 4.78 is 3.08. The van der Waals surface area contributed by atoms with Crippen LogP contribution in [0.25, 0.3) is 0 Å². The van der Waals surface area contributed by atoms with E-state index in [-0.39, 0.29) is 9.64 Å². The van der Waals surface area contributed by atoms with Crippen molar-refractivity contribution in [2.45, 2.75) is 25.9 Å². The van der Waals surface area contributed by atoms with Gasteiger partial charge in [-0.2, -0.15) is 0 Å². The van der Waals surface area contributed by atoms with Crippen LogP contribution in [0.5, 0.6) is 0 Å². The van der Waals surface area contributed by atoms with Gasteiger partial charge in [0.1, 0.15) is 0 Å². The molecule has 0 radical (unpaired) electrons. The minimum absolute atomic E-state index is 0.128. The molecule has 0 rings (SSSR count). The topological polar surface area (TPSA) is 32.3 Å². The summed E-state index contributed by atoms with van der Waals surface area (Å²) in [5.74, 6) is 0. The second-order valence-corrected chi connectivity index (χ2v) is 5.61. The van der Waals surface area contributed by atoms with Crippen LogP contribution < -0.4 is 4.72 Å². The molecule has 2 nitrogen and oxygen atoms in total. The van der Waals surface area contributed by atoms with Crippen LogP contribution in [0.3, 0.4) is 0 Å². The van der Waals surface area contributed by atoms with Gasteiger partial charge in [0.2, 0.25) is 0 Å². The van der Waals surface area contributed by atoms with Gasteiger partial charge < -0.3 is 5.11 Å². The first-order chi connectivity index (χ1) is 4.42. The van der Waals surface area contributed by atoms with Gasteiger partial charge in [-0.1, -0.05) is 9.64 Å². The van der Waals surface area contributed by atoms with Crippen LogP contribution >= 0.6 is 0 Å². The molecule has 2 N–H and O–H groups in total. The maximum Gasteiger partial charge on any atom is 0.0604 e. The van der Waals surface area contributed by atoms with Crippen molar-refractivity contribution in [1.82, 2.24) is 4.72 Å². The molecule has 1 atom stereocenters. The highest BCUT2D eigenvalue weighted by Gasteiger charge is 2.10. The van der Waals surface area contributed by atoms with E-state index in [0.717, 1.165) is 13.0 Å². The van der Waals surface area contributed by atoms with E-state index in [1.807, 2.05) is 6.26 Å². The highest BCUT2D eigenvalue weighted by Crippen LogP contribution is 2.04. The van der Waals surface area contributed by atoms with Gasteiger partial charge in [-0.3, -0.25) is 4.72 Å². The fourth-order valence-corrected chi connectivity index (χ4v) is 1.14. The van der Waals surface area contributed by atoms with Gasteiger partial charge in [-0.05, 0) is 37.7 Å². The van der Waals surface area contributed by atoms with Crippen LogP contribution in [0.2, 0.25) is 0 Å². The Morgan fingerprint density at radius 3 is 2.40 bits per heavy atom. The van der Waals surface area contributed by atoms with Crippen LogP contribution in [-0.2, 0) is 20.8 Å². The Balaban J connectivity index is 3.29. The van der Waals surface area contributed by atoms with Crippen molar-refractivity contribution in [2.75, 3.05) is 12.8 Å². The molecule has 4 heteroatoms. The van der Waals surface area contributed by atoms with Crippen LogP contribution in [0.15, 0.2) is 0 Å². The average Bonchev–Trinajstić information content (AvgIpc) is 1.59. The summed E-state index contributed by atoms with van der Waals surface area (Å²) in [6.07, 6.45) is 2.70. The summed E-state index contributed by atoms with van der Waals surface area (Å²) in [4.78, 5) is 0. The van der Waals surface area contributed by atoms with Crippen molar-refractivity contribution in [2.24, 2.45) is 0 Å². The quantitative estimate of drug-likeness (QED) is 0.657. The largest absolute Gasteiger partial charge is 0.390 e. The molecule has 0 saturated heterocycles. The summed E-state index contributed by atoms with van der Waals surface area (Å²) >= 11 is 4.90. The van der Waals surface area contributed by atoms with Gasteiger partial charge in [-0.25, -0.2) is 0 Å². The maximum atomic E-state index is 9.26. The normalized spacial score (nSPS) is 15.2. The van der Waals surface area contributed by atoms with Gasteiger partial charge in [0, 0.05) is 6.54 Å². The minimum atomic E-state index is -0.568. The number of aliphatic hydroxyl groups is 1. The zero-order valence-electron chi connectivity index (χ0n) is 6.68. The Labute approximate surface area is 69.7 Å². The monoisotopic (exact) mass is 181 g/mol. The van der Waals surface area contributed by atoms with E-state index in [0.29, 0.717) is 0 Å². The second-order valence-electron chi connectivity index (χ2n) is 2.91. The zero-order valence-corrected chi connectivity index (χ0v) is 8.31. The third-order valence-electron chi connectivity index (χ3n) is 1.04. The number of hydrogen-bond donors (Lipinski definition) is 2. The molecule has 0 spiro atoms. The van der Waals surface area contributed by atoms with Crippen molar-refractivity contribution in [3.63, 3.8) is 0 Å². The smallest absolute Gasteiger partial charge is 0.0604 e. The van der Waals surface area contributed by atoms with E-state index in [9.17, 15) is 5.11 Å². The summed E-state index contributed by atoms with van der Waals surface area (Å²) in [5, 5.41) is 9.26. The highest BCUT2D eigenvalue weighted by molar-refractivity contribution is 8.27. The molecular formula is C6H15NOS2. The van der Waals surface area contributed by atoms with Crippen molar-refractivity contribution in [3.05, 3.63) is 0 Å². The molecule has 0 aromatic carbocycles. The molecule has 0 aromatic rings. The van der Waals surface area contributed by atoms with Gasteiger partial charge in [0.25, 0.3) is 0 Å². The summed E-state index contributed by atoms with van der Waals surface area (Å²) in [7, 11) is -0.128. The molecule has 1 unspecified atom stereocenters. The zero-order chi connectivity index (χ0) is 8.20. The first-order valence-corrected chi connectivity index (χ1v) is 5.77. The Morgan fingerprint density at radius 2 is 2.10 bits per heavy atom. The average molecular weight is 181 g/mol. The fraction of sp³-hybridized carbons (Fsp3) is 1.00. The van der Waals surface area contributed by atoms with Gasteiger partial charge >= 0.3 is 0 Å². The molecule has 0 bridgehead atoms. The molecule has 0 aliphatic carbocycles. The van der Waals surface area contributed by atoms with E-state index in [4.69, 9.17) is 11.2 Å². The number of rotatable bonds is 4. The summed E-state index contributed by atoms with van der Waals surface area (Å²) in [5.41, 5.74) is -0.568. The van der Waals surface area contributed by atoms with E-state index < -0.39 is 5.60 Å². The third-order valence-corrected chi connectivity index (χ3v) is 2.01. The Morgan fingerprint density at radius 1 is 1.60 bits per heavy atom.